The number of aliphatic hydroxyl groups excluding tert-OH is 1. The fourth-order valence-corrected chi connectivity index (χ4v) is 12.0. The number of nitrogens with one attached hydrogen (secondary N) is 1. The minimum Gasteiger partial charge on any atom is -0.454 e. The Balaban J connectivity index is 1.19. The largest absolute Gasteiger partial charge is 0.475 e. The van der Waals surface area contributed by atoms with E-state index in [9.17, 15) is 23.8 Å². The summed E-state index contributed by atoms with van der Waals surface area (Å²) < 4.78 is 80.9. The first kappa shape index (κ1) is 40.2. The molecule has 23 nitrogen and oxygen atoms in total. The molecule has 2 aliphatic heterocycles. The molecule has 57 heavy (non-hydrogen) atoms. The number of anilines is 2. The number of imidazole rings is 2. The van der Waals surface area contributed by atoms with Gasteiger partial charge in [0.05, 0.1) is 43.9 Å². The van der Waals surface area contributed by atoms with E-state index in [1.54, 1.807) is 32.3 Å². The monoisotopic (exact) mass is 856 g/mol. The number of nitrogens with zero attached hydrogens (tertiary/aromatic N) is 7. The molecular formula is C31H42N10O13P2S. The fourth-order valence-electron chi connectivity index (χ4n) is 7.72. The maximum absolute atomic E-state index is 15.0. The SMILES string of the molecule is CCO[P@@]1(=O)OC[C@@]23C[C@@H]2[C@@H](n2cnc4c(N)ncnc42)[C@H](O)[C@@H]3O[P@](=O)(SCOC(=O)C(C)(C)C)OC[C@H]2O[C@@H](n3cnc4c(=O)[nH]c(N)nc43)[C@H](O1)[C@@H]2OC. The maximum atomic E-state index is 15.0. The van der Waals surface area contributed by atoms with Crippen LogP contribution in [0.2, 0.25) is 0 Å². The molecule has 11 atom stereocenters. The van der Waals surface area contributed by atoms with E-state index in [0.29, 0.717) is 29.0 Å². The van der Waals surface area contributed by atoms with Gasteiger partial charge >= 0.3 is 20.6 Å². The number of methoxy groups -OCH3 is 1. The molecule has 0 amide bonds. The Kier molecular flexibility index (Phi) is 10.3. The van der Waals surface area contributed by atoms with Gasteiger partial charge in [0.15, 0.2) is 28.9 Å². The summed E-state index contributed by atoms with van der Waals surface area (Å²) in [5.41, 5.74) is 9.90. The van der Waals surface area contributed by atoms with Gasteiger partial charge in [0.2, 0.25) is 5.95 Å². The van der Waals surface area contributed by atoms with E-state index in [2.05, 4.69) is 29.9 Å². The van der Waals surface area contributed by atoms with Crippen molar-refractivity contribution in [3.05, 3.63) is 29.3 Å². The molecule has 0 radical (unpaired) electrons. The molecule has 0 aromatic carbocycles. The molecule has 1 spiro atoms. The standard InChI is InChI=1S/C31H42N10O13P2S/c1-6-49-55(45)51-9-31-7-14(31)18(40-11-36-16-23(32)34-10-35-24(16)40)19(42)22(31)54-56(46,57-13-48-28(44)30(2,3)4)50-8-15-20(47-5)21(53-55)27(52-15)41-12-37-17-25(41)38-29(33)39-26(17)43/h10-12,14-15,18-22,27,42H,6-9,13H2,1-5H3,(H2,32,34,35)(H3,33,38,39,43)/t14-,15-,18-,19+,20-,21-,22+,27-,31+,55+,56-/m1/s1. The first-order valence-electron chi connectivity index (χ1n) is 17.9. The number of aromatic amines is 1. The van der Waals surface area contributed by atoms with Crippen LogP contribution in [-0.4, -0.2) is 114 Å². The van der Waals surface area contributed by atoms with Gasteiger partial charge in [-0.15, -0.1) is 0 Å². The summed E-state index contributed by atoms with van der Waals surface area (Å²) in [7, 11) is -3.21. The summed E-state index contributed by atoms with van der Waals surface area (Å²) in [4.78, 5) is 48.9. The van der Waals surface area contributed by atoms with Crippen LogP contribution >= 0.6 is 26.0 Å². The smallest absolute Gasteiger partial charge is 0.454 e. The zero-order valence-corrected chi connectivity index (χ0v) is 33.9. The molecule has 4 aromatic rings. The molecule has 4 aromatic heterocycles. The molecule has 6 heterocycles. The van der Waals surface area contributed by atoms with Gasteiger partial charge in [0, 0.05) is 23.9 Å². The van der Waals surface area contributed by atoms with E-state index < -0.39 is 98.2 Å². The normalized spacial score (nSPS) is 35.6. The van der Waals surface area contributed by atoms with E-state index >= 15 is 0 Å². The van der Waals surface area contributed by atoms with Crippen molar-refractivity contribution in [2.75, 3.05) is 44.3 Å². The Bertz CT molecular complexity index is 2360. The van der Waals surface area contributed by atoms with Gasteiger partial charge in [-0.05, 0) is 40.0 Å². The van der Waals surface area contributed by atoms with E-state index in [0.717, 1.165) is 0 Å². The van der Waals surface area contributed by atoms with Gasteiger partial charge in [-0.25, -0.2) is 29.1 Å². The van der Waals surface area contributed by atoms with Crippen LogP contribution in [0.15, 0.2) is 23.8 Å². The summed E-state index contributed by atoms with van der Waals surface area (Å²) in [6.07, 6.45) is -3.12. The number of ether oxygens (including phenoxy) is 3. The minimum atomic E-state index is -4.55. The van der Waals surface area contributed by atoms with Gasteiger partial charge in [0.25, 0.3) is 5.56 Å². The lowest BCUT2D eigenvalue weighted by molar-refractivity contribution is -0.150. The van der Waals surface area contributed by atoms with E-state index in [-0.39, 0.29) is 36.1 Å². The number of nitrogen functional groups attached to an aromatic ring is 2. The first-order chi connectivity index (χ1) is 27.0. The van der Waals surface area contributed by atoms with Gasteiger partial charge in [0.1, 0.15) is 48.3 Å². The van der Waals surface area contributed by atoms with Crippen molar-refractivity contribution in [1.29, 1.82) is 0 Å². The summed E-state index contributed by atoms with van der Waals surface area (Å²) in [6, 6.07) is -0.769. The van der Waals surface area contributed by atoms with Gasteiger partial charge < -0.3 is 35.4 Å². The number of fused-ring (bicyclic) bond motifs is 4. The average molecular weight is 857 g/mol. The van der Waals surface area contributed by atoms with Gasteiger partial charge in [-0.1, -0.05) is 0 Å². The average Bonchev–Trinajstić information content (AvgIpc) is 3.44. The zero-order valence-electron chi connectivity index (χ0n) is 31.3. The lowest BCUT2D eigenvalue weighted by Crippen LogP contribution is -2.38. The number of rotatable bonds is 8. The number of nitrogens with two attached hydrogens (primary N) is 2. The Hall–Kier alpha value is -3.54. The van der Waals surface area contributed by atoms with Crippen molar-refractivity contribution in [3.8, 4) is 0 Å². The number of phosphoric ester groups is 1. The first-order valence-corrected chi connectivity index (χ1v) is 22.4. The molecule has 6 N–H and O–H groups in total. The van der Waals surface area contributed by atoms with Crippen molar-refractivity contribution in [1.82, 2.24) is 39.0 Å². The zero-order chi connectivity index (χ0) is 40.7. The van der Waals surface area contributed by atoms with Crippen molar-refractivity contribution < 1.29 is 55.9 Å². The van der Waals surface area contributed by atoms with Crippen molar-refractivity contribution in [2.45, 2.75) is 76.9 Å². The highest BCUT2D eigenvalue weighted by molar-refractivity contribution is 8.55. The second-order valence-corrected chi connectivity index (χ2v) is 20.6. The molecular weight excluding hydrogens is 814 g/mol. The van der Waals surface area contributed by atoms with Crippen LogP contribution in [0.25, 0.3) is 22.3 Å². The number of aliphatic hydroxyl groups is 1. The molecule has 310 valence electrons. The number of H-pyrrole nitrogens is 1. The molecule has 26 heteroatoms. The van der Waals surface area contributed by atoms with Crippen molar-refractivity contribution >= 4 is 66.1 Å². The second-order valence-electron chi connectivity index (χ2n) is 15.1. The van der Waals surface area contributed by atoms with Gasteiger partial charge in [-0.2, -0.15) is 4.98 Å². The van der Waals surface area contributed by atoms with Crippen LogP contribution in [0.5, 0.6) is 0 Å². The van der Waals surface area contributed by atoms with Crippen LogP contribution in [-0.2, 0) is 50.8 Å². The maximum Gasteiger partial charge on any atom is 0.475 e. The predicted molar refractivity (Wildman–Crippen MR) is 199 cm³/mol. The van der Waals surface area contributed by atoms with Crippen LogP contribution < -0.4 is 17.0 Å². The molecule has 8 rings (SSSR count). The second kappa shape index (κ2) is 14.6. The lowest BCUT2D eigenvalue weighted by atomic mass is 9.98. The van der Waals surface area contributed by atoms with Crippen LogP contribution in [0, 0.1) is 16.7 Å². The Labute approximate surface area is 327 Å². The quantitative estimate of drug-likeness (QED) is 0.112. The number of phosphoric acid groups is 1. The number of hydrogen-bond donors (Lipinski definition) is 4. The Morgan fingerprint density at radius 1 is 1.11 bits per heavy atom. The van der Waals surface area contributed by atoms with Crippen LogP contribution in [0.3, 0.4) is 0 Å². The minimum absolute atomic E-state index is 0.0114. The number of carbonyl (C=O) groups is 1. The highest BCUT2D eigenvalue weighted by Crippen LogP contribution is 2.74. The molecule has 4 fully saturated rings. The number of carbonyl (C=O) groups excluding carboxylic acids is 1. The number of hydrogen-bond acceptors (Lipinski definition) is 21. The summed E-state index contributed by atoms with van der Waals surface area (Å²) in [6.45, 7) is 1.20. The number of esters is 1. The highest BCUT2D eigenvalue weighted by atomic mass is 32.7. The summed E-state index contributed by atoms with van der Waals surface area (Å²) in [5.74, 6) is -1.51. The molecule has 4 aliphatic rings. The van der Waals surface area contributed by atoms with Crippen molar-refractivity contribution in [3.63, 3.8) is 0 Å². The third-order valence-electron chi connectivity index (χ3n) is 10.5. The molecule has 2 saturated heterocycles. The van der Waals surface area contributed by atoms with Gasteiger partial charge in [-0.3, -0.25) is 41.8 Å². The molecule has 2 bridgehead atoms. The third-order valence-corrected chi connectivity index (χ3v) is 15.3. The Morgan fingerprint density at radius 2 is 1.86 bits per heavy atom. The molecule has 2 aliphatic carbocycles. The van der Waals surface area contributed by atoms with Crippen LogP contribution in [0.1, 0.15) is 46.4 Å². The highest BCUT2D eigenvalue weighted by Gasteiger charge is 2.74. The topological polar surface area (TPSA) is 304 Å². The molecule has 2 saturated carbocycles. The summed E-state index contributed by atoms with van der Waals surface area (Å²) in [5, 5.41) is 12.1. The Morgan fingerprint density at radius 3 is 2.60 bits per heavy atom. The fraction of sp³-hybridized carbons (Fsp3) is 0.645. The number of aromatic nitrogens is 8. The lowest BCUT2D eigenvalue weighted by Gasteiger charge is -2.32. The van der Waals surface area contributed by atoms with Crippen LogP contribution in [0.4, 0.5) is 11.8 Å². The summed E-state index contributed by atoms with van der Waals surface area (Å²) >= 11 is 0.593. The van der Waals surface area contributed by atoms with Crippen molar-refractivity contribution in [2.24, 2.45) is 16.7 Å². The third kappa shape index (κ3) is 7.07. The van der Waals surface area contributed by atoms with E-state index in [4.69, 9.17) is 48.3 Å². The van der Waals surface area contributed by atoms with E-state index in [1.807, 2.05) is 0 Å². The van der Waals surface area contributed by atoms with E-state index in [1.165, 1.54) is 30.7 Å². The molecule has 0 unspecified atom stereocenters. The predicted octanol–water partition coefficient (Wildman–Crippen LogP) is 2.31.